The molecule has 0 aromatic heterocycles. The maximum absolute atomic E-state index is 12.6. The van der Waals surface area contributed by atoms with Gasteiger partial charge in [-0.25, -0.2) is 13.1 Å². The standard InChI is InChI=1S/C18H30N2O2S/c1-4-17-7-5-6-8-18(17)23(21,22)19-16(3)11-14-20-12-9-15(2)10-13-20/h5-8,15-16,19H,4,9-14H2,1-3H3. The zero-order valence-corrected chi connectivity index (χ0v) is 15.4. The van der Waals surface area contributed by atoms with Gasteiger partial charge >= 0.3 is 0 Å². The molecule has 0 spiro atoms. The Morgan fingerprint density at radius 1 is 1.26 bits per heavy atom. The van der Waals surface area contributed by atoms with Gasteiger partial charge < -0.3 is 4.90 Å². The summed E-state index contributed by atoms with van der Waals surface area (Å²) in [4.78, 5) is 2.87. The second kappa shape index (κ2) is 8.27. The Bertz CT molecular complexity index is 593. The van der Waals surface area contributed by atoms with Crippen molar-refractivity contribution in [3.05, 3.63) is 29.8 Å². The summed E-state index contributed by atoms with van der Waals surface area (Å²) in [5.74, 6) is 0.827. The number of rotatable bonds is 7. The molecule has 1 unspecified atom stereocenters. The van der Waals surface area contributed by atoms with Gasteiger partial charge in [0, 0.05) is 6.04 Å². The van der Waals surface area contributed by atoms with E-state index in [1.165, 1.54) is 12.8 Å². The molecule has 130 valence electrons. The lowest BCUT2D eigenvalue weighted by Gasteiger charge is -2.31. The van der Waals surface area contributed by atoms with Gasteiger partial charge in [0.2, 0.25) is 10.0 Å². The number of likely N-dealkylation sites (tertiary alicyclic amines) is 1. The van der Waals surface area contributed by atoms with E-state index in [4.69, 9.17) is 0 Å². The van der Waals surface area contributed by atoms with Crippen LogP contribution in [0.5, 0.6) is 0 Å². The van der Waals surface area contributed by atoms with Crippen LogP contribution in [0.15, 0.2) is 29.2 Å². The van der Waals surface area contributed by atoms with Gasteiger partial charge in [-0.05, 0) is 69.8 Å². The summed E-state index contributed by atoms with van der Waals surface area (Å²) in [5.41, 5.74) is 0.872. The van der Waals surface area contributed by atoms with Crippen molar-refractivity contribution in [3.8, 4) is 0 Å². The maximum atomic E-state index is 12.6. The summed E-state index contributed by atoms with van der Waals surface area (Å²) in [6.45, 7) is 9.48. The number of sulfonamides is 1. The summed E-state index contributed by atoms with van der Waals surface area (Å²) in [6, 6.07) is 7.20. The van der Waals surface area contributed by atoms with Gasteiger partial charge in [-0.1, -0.05) is 32.0 Å². The van der Waals surface area contributed by atoms with E-state index in [1.54, 1.807) is 12.1 Å². The lowest BCUT2D eigenvalue weighted by molar-refractivity contribution is 0.187. The third-order valence-electron chi connectivity index (χ3n) is 4.75. The Hall–Kier alpha value is -0.910. The van der Waals surface area contributed by atoms with E-state index in [1.807, 2.05) is 26.0 Å². The molecule has 0 radical (unpaired) electrons. The van der Waals surface area contributed by atoms with Gasteiger partial charge in [0.25, 0.3) is 0 Å². The smallest absolute Gasteiger partial charge is 0.241 e. The molecule has 1 atom stereocenters. The van der Waals surface area contributed by atoms with Crippen LogP contribution in [0, 0.1) is 5.92 Å². The molecule has 5 heteroatoms. The van der Waals surface area contributed by atoms with Crippen LogP contribution >= 0.6 is 0 Å². The van der Waals surface area contributed by atoms with Crippen molar-refractivity contribution in [1.29, 1.82) is 0 Å². The zero-order chi connectivity index (χ0) is 16.9. The fraction of sp³-hybridized carbons (Fsp3) is 0.667. The van der Waals surface area contributed by atoms with E-state index in [-0.39, 0.29) is 6.04 Å². The van der Waals surface area contributed by atoms with Crippen LogP contribution in [-0.2, 0) is 16.4 Å². The van der Waals surface area contributed by atoms with Gasteiger partial charge in [-0.15, -0.1) is 0 Å². The number of aryl methyl sites for hydroxylation is 1. The highest BCUT2D eigenvalue weighted by atomic mass is 32.2. The molecule has 1 saturated heterocycles. The number of nitrogens with zero attached hydrogens (tertiary/aromatic N) is 1. The minimum atomic E-state index is -3.43. The largest absolute Gasteiger partial charge is 0.303 e. The predicted molar refractivity (Wildman–Crippen MR) is 95.1 cm³/mol. The third-order valence-corrected chi connectivity index (χ3v) is 6.44. The average Bonchev–Trinajstić information content (AvgIpc) is 2.54. The highest BCUT2D eigenvalue weighted by Crippen LogP contribution is 2.18. The van der Waals surface area contributed by atoms with E-state index in [2.05, 4.69) is 16.5 Å². The summed E-state index contributed by atoms with van der Waals surface area (Å²) in [5, 5.41) is 0. The summed E-state index contributed by atoms with van der Waals surface area (Å²) < 4.78 is 28.0. The van der Waals surface area contributed by atoms with E-state index in [0.717, 1.165) is 44.0 Å². The van der Waals surface area contributed by atoms with E-state index in [9.17, 15) is 8.42 Å². The molecule has 1 aliphatic heterocycles. The molecule has 1 fully saturated rings. The Morgan fingerprint density at radius 3 is 2.57 bits per heavy atom. The van der Waals surface area contributed by atoms with Crippen LogP contribution in [0.3, 0.4) is 0 Å². The lowest BCUT2D eigenvalue weighted by atomic mass is 9.99. The second-order valence-electron chi connectivity index (χ2n) is 6.80. The van der Waals surface area contributed by atoms with Gasteiger partial charge in [0.1, 0.15) is 0 Å². The molecular weight excluding hydrogens is 308 g/mol. The predicted octanol–water partition coefficient (Wildman–Crippen LogP) is 3.04. The van der Waals surface area contributed by atoms with Crippen molar-refractivity contribution >= 4 is 10.0 Å². The first-order chi connectivity index (χ1) is 10.9. The fourth-order valence-corrected chi connectivity index (χ4v) is 4.70. The minimum absolute atomic E-state index is 0.0516. The first kappa shape index (κ1) is 18.4. The number of nitrogens with one attached hydrogen (secondary N) is 1. The van der Waals surface area contributed by atoms with E-state index >= 15 is 0 Å². The molecule has 0 saturated carbocycles. The van der Waals surface area contributed by atoms with Crippen molar-refractivity contribution in [3.63, 3.8) is 0 Å². The van der Waals surface area contributed by atoms with E-state index in [0.29, 0.717) is 4.90 Å². The van der Waals surface area contributed by atoms with Crippen molar-refractivity contribution < 1.29 is 8.42 Å². The molecular formula is C18H30N2O2S. The molecule has 1 aliphatic rings. The zero-order valence-electron chi connectivity index (χ0n) is 14.6. The monoisotopic (exact) mass is 338 g/mol. The summed E-state index contributed by atoms with van der Waals surface area (Å²) in [7, 11) is -3.43. The highest BCUT2D eigenvalue weighted by Gasteiger charge is 2.21. The van der Waals surface area contributed by atoms with E-state index < -0.39 is 10.0 Å². The Labute approximate surface area is 141 Å². The molecule has 1 heterocycles. The summed E-state index contributed by atoms with van der Waals surface area (Å²) >= 11 is 0. The Morgan fingerprint density at radius 2 is 1.91 bits per heavy atom. The molecule has 23 heavy (non-hydrogen) atoms. The van der Waals surface area contributed by atoms with Crippen LogP contribution in [0.25, 0.3) is 0 Å². The van der Waals surface area contributed by atoms with Crippen molar-refractivity contribution in [2.45, 2.75) is 57.4 Å². The summed E-state index contributed by atoms with van der Waals surface area (Å²) in [6.07, 6.45) is 4.08. The molecule has 1 aromatic rings. The molecule has 0 amide bonds. The van der Waals surface area contributed by atoms with Crippen LogP contribution in [-0.4, -0.2) is 39.0 Å². The van der Waals surface area contributed by atoms with Crippen LogP contribution in [0.1, 0.15) is 45.6 Å². The topological polar surface area (TPSA) is 49.4 Å². The molecule has 1 aromatic carbocycles. The SMILES string of the molecule is CCc1ccccc1S(=O)(=O)NC(C)CCN1CCC(C)CC1. The number of hydrogen-bond donors (Lipinski definition) is 1. The molecule has 4 nitrogen and oxygen atoms in total. The van der Waals surface area contributed by atoms with Crippen LogP contribution in [0.4, 0.5) is 0 Å². The fourth-order valence-electron chi connectivity index (χ4n) is 3.11. The van der Waals surface area contributed by atoms with Crippen LogP contribution in [0.2, 0.25) is 0 Å². The normalized spacial score (nSPS) is 18.9. The number of hydrogen-bond acceptors (Lipinski definition) is 3. The van der Waals surface area contributed by atoms with Gasteiger partial charge in [0.05, 0.1) is 4.90 Å². The quantitative estimate of drug-likeness (QED) is 0.831. The molecule has 1 N–H and O–H groups in total. The maximum Gasteiger partial charge on any atom is 0.241 e. The Kier molecular flexibility index (Phi) is 6.62. The number of piperidine rings is 1. The van der Waals surface area contributed by atoms with Crippen molar-refractivity contribution in [2.24, 2.45) is 5.92 Å². The number of benzene rings is 1. The van der Waals surface area contributed by atoms with Gasteiger partial charge in [-0.3, -0.25) is 0 Å². The highest BCUT2D eigenvalue weighted by molar-refractivity contribution is 7.89. The molecule has 0 aliphatic carbocycles. The van der Waals surface area contributed by atoms with Gasteiger partial charge in [-0.2, -0.15) is 0 Å². The first-order valence-corrected chi connectivity index (χ1v) is 10.2. The Balaban J connectivity index is 1.89. The second-order valence-corrected chi connectivity index (χ2v) is 8.48. The van der Waals surface area contributed by atoms with Crippen molar-refractivity contribution in [1.82, 2.24) is 9.62 Å². The first-order valence-electron chi connectivity index (χ1n) is 8.75. The minimum Gasteiger partial charge on any atom is -0.303 e. The average molecular weight is 339 g/mol. The molecule has 0 bridgehead atoms. The third kappa shape index (κ3) is 5.30. The van der Waals surface area contributed by atoms with Gasteiger partial charge in [0.15, 0.2) is 0 Å². The van der Waals surface area contributed by atoms with Crippen LogP contribution < -0.4 is 4.72 Å². The lowest BCUT2D eigenvalue weighted by Crippen LogP contribution is -2.39. The van der Waals surface area contributed by atoms with Crippen molar-refractivity contribution in [2.75, 3.05) is 19.6 Å². The molecule has 2 rings (SSSR count).